The average Bonchev–Trinajstić information content (AvgIpc) is 3.10. The number of nitrogens with one attached hydrogen (secondary N) is 1. The van der Waals surface area contributed by atoms with Crippen molar-refractivity contribution in [3.63, 3.8) is 0 Å². The molecule has 0 atom stereocenters. The van der Waals surface area contributed by atoms with E-state index >= 15 is 0 Å². The number of hydrogen-bond donors (Lipinski definition) is 1. The third-order valence-electron chi connectivity index (χ3n) is 4.38. The predicted molar refractivity (Wildman–Crippen MR) is 91.4 cm³/mol. The highest BCUT2D eigenvalue weighted by atomic mass is 32.1. The molecule has 1 aromatic carbocycles. The Morgan fingerprint density at radius 3 is 2.35 bits per heavy atom. The van der Waals surface area contributed by atoms with Crippen LogP contribution in [0.3, 0.4) is 0 Å². The van der Waals surface area contributed by atoms with Gasteiger partial charge in [0.25, 0.3) is 5.91 Å². The van der Waals surface area contributed by atoms with E-state index in [9.17, 15) is 9.59 Å². The third kappa shape index (κ3) is 3.29. The number of likely N-dealkylation sites (tertiary alicyclic amines) is 1. The molecule has 0 spiro atoms. The van der Waals surface area contributed by atoms with E-state index in [1.807, 2.05) is 52.7 Å². The minimum atomic E-state index is -0.376. The van der Waals surface area contributed by atoms with Crippen molar-refractivity contribution < 1.29 is 9.59 Å². The molecule has 1 aromatic heterocycles. The molecule has 2 heterocycles. The molecule has 0 aliphatic carbocycles. The largest absolute Gasteiger partial charge is 0.347 e. The number of benzene rings is 1. The fourth-order valence-electron chi connectivity index (χ4n) is 3.23. The summed E-state index contributed by atoms with van der Waals surface area (Å²) in [5.74, 6) is 0.0522. The Labute approximate surface area is 140 Å². The van der Waals surface area contributed by atoms with Crippen LogP contribution in [0.1, 0.15) is 35.0 Å². The van der Waals surface area contributed by atoms with E-state index in [2.05, 4.69) is 5.32 Å². The highest BCUT2D eigenvalue weighted by molar-refractivity contribution is 7.12. The van der Waals surface area contributed by atoms with Crippen molar-refractivity contribution in [1.29, 1.82) is 0 Å². The molecule has 5 heteroatoms. The monoisotopic (exact) mass is 328 g/mol. The highest BCUT2D eigenvalue weighted by Gasteiger charge is 2.38. The van der Waals surface area contributed by atoms with Gasteiger partial charge in [-0.15, -0.1) is 11.3 Å². The van der Waals surface area contributed by atoms with Crippen molar-refractivity contribution in [1.82, 2.24) is 10.2 Å². The lowest BCUT2D eigenvalue weighted by Crippen LogP contribution is -2.53. The van der Waals surface area contributed by atoms with Gasteiger partial charge in [0, 0.05) is 20.0 Å². The van der Waals surface area contributed by atoms with E-state index < -0.39 is 0 Å². The molecule has 2 aromatic rings. The molecule has 0 bridgehead atoms. The van der Waals surface area contributed by atoms with Gasteiger partial charge in [0.1, 0.15) is 0 Å². The first-order valence-electron chi connectivity index (χ1n) is 7.78. The van der Waals surface area contributed by atoms with Crippen molar-refractivity contribution >= 4 is 23.2 Å². The van der Waals surface area contributed by atoms with Crippen molar-refractivity contribution in [2.24, 2.45) is 0 Å². The quantitative estimate of drug-likeness (QED) is 0.941. The van der Waals surface area contributed by atoms with E-state index in [1.165, 1.54) is 11.3 Å². The van der Waals surface area contributed by atoms with Crippen LogP contribution in [0, 0.1) is 0 Å². The second-order valence-corrected chi connectivity index (χ2v) is 6.85. The zero-order valence-electron chi connectivity index (χ0n) is 13.1. The Hall–Kier alpha value is -2.14. The van der Waals surface area contributed by atoms with Crippen LogP contribution in [0.25, 0.3) is 0 Å². The number of carbonyl (C=O) groups excluding carboxylic acids is 2. The Bertz CT molecular complexity index is 674. The maximum Gasteiger partial charge on any atom is 0.263 e. The second kappa shape index (κ2) is 6.54. The van der Waals surface area contributed by atoms with Gasteiger partial charge in [-0.05, 0) is 29.9 Å². The molecule has 0 unspecified atom stereocenters. The van der Waals surface area contributed by atoms with Crippen molar-refractivity contribution in [3.05, 3.63) is 58.3 Å². The summed E-state index contributed by atoms with van der Waals surface area (Å²) in [6.07, 6.45) is 1.46. The lowest BCUT2D eigenvalue weighted by molar-refractivity contribution is -0.121. The lowest BCUT2D eigenvalue weighted by Gasteiger charge is -2.42. The first-order valence-corrected chi connectivity index (χ1v) is 8.66. The van der Waals surface area contributed by atoms with Gasteiger partial charge < -0.3 is 10.2 Å². The van der Waals surface area contributed by atoms with E-state index in [4.69, 9.17) is 0 Å². The van der Waals surface area contributed by atoms with Crippen LogP contribution in [0.2, 0.25) is 0 Å². The zero-order chi connectivity index (χ0) is 16.3. The Kier molecular flexibility index (Phi) is 4.48. The number of carbonyl (C=O) groups is 2. The van der Waals surface area contributed by atoms with Crippen molar-refractivity contribution in [3.8, 4) is 0 Å². The van der Waals surface area contributed by atoms with Crippen LogP contribution in [-0.2, 0) is 10.3 Å². The molecule has 0 saturated carbocycles. The standard InChI is InChI=1S/C18H20N2O2S/c1-14(21)19-18(15-6-3-2-4-7-15)9-11-20(12-10-18)17(22)16-8-5-13-23-16/h2-8,13H,9-12H2,1H3,(H,19,21). The van der Waals surface area contributed by atoms with Crippen molar-refractivity contribution in [2.75, 3.05) is 13.1 Å². The van der Waals surface area contributed by atoms with Gasteiger partial charge in [-0.3, -0.25) is 9.59 Å². The molecule has 1 aliphatic rings. The number of amides is 2. The molecule has 1 fully saturated rings. The van der Waals surface area contributed by atoms with Gasteiger partial charge in [0.05, 0.1) is 10.4 Å². The normalized spacial score (nSPS) is 16.8. The summed E-state index contributed by atoms with van der Waals surface area (Å²) >= 11 is 1.47. The predicted octanol–water partition coefficient (Wildman–Crippen LogP) is 3.02. The highest BCUT2D eigenvalue weighted by Crippen LogP contribution is 2.33. The Balaban J connectivity index is 1.78. The molecule has 2 amide bonds. The molecule has 1 saturated heterocycles. The van der Waals surface area contributed by atoms with Crippen LogP contribution in [0.15, 0.2) is 47.8 Å². The fourth-order valence-corrected chi connectivity index (χ4v) is 3.92. The summed E-state index contributed by atoms with van der Waals surface area (Å²) in [6, 6.07) is 13.8. The van der Waals surface area contributed by atoms with Crippen LogP contribution >= 0.6 is 11.3 Å². The van der Waals surface area contributed by atoms with Crippen molar-refractivity contribution in [2.45, 2.75) is 25.3 Å². The summed E-state index contributed by atoms with van der Waals surface area (Å²) in [6.45, 7) is 2.84. The summed E-state index contributed by atoms with van der Waals surface area (Å²) in [4.78, 5) is 26.8. The first-order chi connectivity index (χ1) is 11.1. The SMILES string of the molecule is CC(=O)NC1(c2ccccc2)CCN(C(=O)c2cccs2)CC1. The minimum Gasteiger partial charge on any atom is -0.347 e. The van der Waals surface area contributed by atoms with Gasteiger partial charge in [0.15, 0.2) is 0 Å². The fraction of sp³-hybridized carbons (Fsp3) is 0.333. The molecule has 4 nitrogen and oxygen atoms in total. The Morgan fingerprint density at radius 2 is 1.78 bits per heavy atom. The average molecular weight is 328 g/mol. The van der Waals surface area contributed by atoms with E-state index in [1.54, 1.807) is 6.92 Å². The molecular weight excluding hydrogens is 308 g/mol. The Morgan fingerprint density at radius 1 is 1.09 bits per heavy atom. The molecule has 23 heavy (non-hydrogen) atoms. The summed E-state index contributed by atoms with van der Waals surface area (Å²) in [7, 11) is 0. The van der Waals surface area contributed by atoms with Crippen LogP contribution < -0.4 is 5.32 Å². The number of rotatable bonds is 3. The maximum atomic E-state index is 12.5. The molecule has 1 N–H and O–H groups in total. The van der Waals surface area contributed by atoms with Gasteiger partial charge in [0.2, 0.25) is 5.91 Å². The van der Waals surface area contributed by atoms with Crippen LogP contribution in [0.5, 0.6) is 0 Å². The zero-order valence-corrected chi connectivity index (χ0v) is 13.9. The number of hydrogen-bond acceptors (Lipinski definition) is 3. The van der Waals surface area contributed by atoms with Crippen LogP contribution in [-0.4, -0.2) is 29.8 Å². The van der Waals surface area contributed by atoms with E-state index in [0.717, 1.165) is 23.3 Å². The first kappa shape index (κ1) is 15.7. The number of piperidine rings is 1. The van der Waals surface area contributed by atoms with E-state index in [-0.39, 0.29) is 17.4 Å². The van der Waals surface area contributed by atoms with Crippen LogP contribution in [0.4, 0.5) is 0 Å². The minimum absolute atomic E-state index is 0.0353. The van der Waals surface area contributed by atoms with Gasteiger partial charge >= 0.3 is 0 Å². The number of thiophene rings is 1. The van der Waals surface area contributed by atoms with Gasteiger partial charge in [-0.25, -0.2) is 0 Å². The van der Waals surface area contributed by atoms with Gasteiger partial charge in [-0.2, -0.15) is 0 Å². The van der Waals surface area contributed by atoms with Gasteiger partial charge in [-0.1, -0.05) is 36.4 Å². The number of nitrogens with zero attached hydrogens (tertiary/aromatic N) is 1. The second-order valence-electron chi connectivity index (χ2n) is 5.90. The molecule has 3 rings (SSSR count). The topological polar surface area (TPSA) is 49.4 Å². The molecule has 0 radical (unpaired) electrons. The summed E-state index contributed by atoms with van der Waals surface area (Å²) in [5, 5.41) is 5.05. The third-order valence-corrected chi connectivity index (χ3v) is 5.24. The smallest absolute Gasteiger partial charge is 0.263 e. The summed E-state index contributed by atoms with van der Waals surface area (Å²) in [5.41, 5.74) is 0.734. The molecule has 1 aliphatic heterocycles. The molecular formula is C18H20N2O2S. The van der Waals surface area contributed by atoms with E-state index in [0.29, 0.717) is 13.1 Å². The summed E-state index contributed by atoms with van der Waals surface area (Å²) < 4.78 is 0. The lowest BCUT2D eigenvalue weighted by atomic mass is 9.80. The molecule has 120 valence electrons. The maximum absolute atomic E-state index is 12.5.